The number of hydrogen-bond donors (Lipinski definition) is 0. The molecule has 0 bridgehead atoms. The molecule has 0 atom stereocenters. The lowest BCUT2D eigenvalue weighted by atomic mass is 10.1. The fourth-order valence-corrected chi connectivity index (χ4v) is 2.05. The first-order valence-electron chi connectivity index (χ1n) is 5.64. The van der Waals surface area contributed by atoms with Crippen LogP contribution in [-0.2, 0) is 6.42 Å². The topological polar surface area (TPSA) is 60.2 Å². The minimum absolute atomic E-state index is 0.0453. The molecule has 0 aliphatic rings. The van der Waals surface area contributed by atoms with E-state index < -0.39 is 0 Å². The third-order valence-electron chi connectivity index (χ3n) is 2.83. The van der Waals surface area contributed by atoms with E-state index in [0.717, 1.165) is 5.56 Å². The Labute approximate surface area is 113 Å². The molecular weight excluding hydrogens is 264 g/mol. The van der Waals surface area contributed by atoms with Gasteiger partial charge in [-0.05, 0) is 11.6 Å². The summed E-state index contributed by atoms with van der Waals surface area (Å²) in [6, 6.07) is 1.74. The smallest absolute Gasteiger partial charge is 0.171 e. The van der Waals surface area contributed by atoms with Crippen molar-refractivity contribution in [3.8, 4) is 0 Å². The Balaban J connectivity index is 1.95. The second-order valence-electron chi connectivity index (χ2n) is 4.03. The zero-order valence-electron chi connectivity index (χ0n) is 9.82. The first-order chi connectivity index (χ1) is 9.25. The van der Waals surface area contributed by atoms with Gasteiger partial charge in [0.25, 0.3) is 0 Å². The maximum Gasteiger partial charge on any atom is 0.171 e. The van der Waals surface area contributed by atoms with E-state index in [1.165, 1.54) is 6.20 Å². The van der Waals surface area contributed by atoms with Crippen LogP contribution in [0.2, 0.25) is 5.02 Å². The summed E-state index contributed by atoms with van der Waals surface area (Å²) in [6.07, 6.45) is 9.86. The number of Topliss-reactive ketones (excluding diaryl/α,β-unsaturated/α-hetero) is 1. The highest BCUT2D eigenvalue weighted by Gasteiger charge is 2.14. The quantitative estimate of drug-likeness (QED) is 0.686. The highest BCUT2D eigenvalue weighted by Crippen LogP contribution is 2.18. The van der Waals surface area contributed by atoms with Crippen molar-refractivity contribution in [1.29, 1.82) is 0 Å². The van der Waals surface area contributed by atoms with Gasteiger partial charge in [-0.2, -0.15) is 5.10 Å². The first kappa shape index (κ1) is 11.8. The molecule has 6 heteroatoms. The van der Waals surface area contributed by atoms with E-state index >= 15 is 0 Å². The molecule has 19 heavy (non-hydrogen) atoms. The Morgan fingerprint density at radius 3 is 2.89 bits per heavy atom. The van der Waals surface area contributed by atoms with Crippen molar-refractivity contribution in [2.45, 2.75) is 6.42 Å². The maximum atomic E-state index is 12.3. The second kappa shape index (κ2) is 4.78. The van der Waals surface area contributed by atoms with Crippen molar-refractivity contribution in [1.82, 2.24) is 19.6 Å². The van der Waals surface area contributed by atoms with Crippen LogP contribution in [0.3, 0.4) is 0 Å². The van der Waals surface area contributed by atoms with Gasteiger partial charge in [-0.1, -0.05) is 11.6 Å². The minimum Gasteiger partial charge on any atom is -0.294 e. The van der Waals surface area contributed by atoms with Gasteiger partial charge in [-0.3, -0.25) is 14.8 Å². The summed E-state index contributed by atoms with van der Waals surface area (Å²) in [4.78, 5) is 20.2. The Morgan fingerprint density at radius 2 is 2.05 bits per heavy atom. The SMILES string of the molecule is O=C(Cc1ccncc1Cl)c1cnn2ccncc12. The molecule has 0 N–H and O–H groups in total. The number of carbonyl (C=O) groups excluding carboxylic acids is 1. The Bertz CT molecular complexity index is 753. The van der Waals surface area contributed by atoms with Crippen LogP contribution in [0.25, 0.3) is 5.52 Å². The van der Waals surface area contributed by atoms with Crippen molar-refractivity contribution in [2.24, 2.45) is 0 Å². The summed E-state index contributed by atoms with van der Waals surface area (Å²) in [5.74, 6) is -0.0453. The molecule has 0 spiro atoms. The number of hydrogen-bond acceptors (Lipinski definition) is 4. The van der Waals surface area contributed by atoms with Gasteiger partial charge in [0, 0.05) is 31.2 Å². The number of pyridine rings is 1. The normalized spacial score (nSPS) is 10.8. The van der Waals surface area contributed by atoms with E-state index in [2.05, 4.69) is 15.1 Å². The van der Waals surface area contributed by atoms with Gasteiger partial charge < -0.3 is 0 Å². The van der Waals surface area contributed by atoms with Crippen LogP contribution in [0.1, 0.15) is 15.9 Å². The molecule has 94 valence electrons. The van der Waals surface area contributed by atoms with Crippen LogP contribution in [0.5, 0.6) is 0 Å². The lowest BCUT2D eigenvalue weighted by Crippen LogP contribution is -2.04. The number of ketones is 1. The average Bonchev–Trinajstić information content (AvgIpc) is 2.85. The Morgan fingerprint density at radius 1 is 1.21 bits per heavy atom. The zero-order valence-corrected chi connectivity index (χ0v) is 10.6. The zero-order chi connectivity index (χ0) is 13.2. The highest BCUT2D eigenvalue weighted by atomic mass is 35.5. The lowest BCUT2D eigenvalue weighted by molar-refractivity contribution is 0.0994. The molecule has 5 nitrogen and oxygen atoms in total. The Kier molecular flexibility index (Phi) is 2.97. The van der Waals surface area contributed by atoms with Crippen molar-refractivity contribution in [2.75, 3.05) is 0 Å². The molecule has 0 fully saturated rings. The lowest BCUT2D eigenvalue weighted by Gasteiger charge is -2.02. The summed E-state index contributed by atoms with van der Waals surface area (Å²) >= 11 is 6.00. The fraction of sp³-hybridized carbons (Fsp3) is 0.0769. The number of fused-ring (bicyclic) bond motifs is 1. The number of carbonyl (C=O) groups is 1. The van der Waals surface area contributed by atoms with Gasteiger partial charge in [0.1, 0.15) is 0 Å². The molecule has 0 unspecified atom stereocenters. The standard InChI is InChI=1S/C13H9ClN4O/c14-11-7-15-2-1-9(11)5-13(19)10-6-17-18-4-3-16-8-12(10)18/h1-4,6-8H,5H2. The third kappa shape index (κ3) is 2.20. The van der Waals surface area contributed by atoms with E-state index in [4.69, 9.17) is 11.6 Å². The monoisotopic (exact) mass is 272 g/mol. The van der Waals surface area contributed by atoms with Gasteiger partial charge in [-0.25, -0.2) is 4.52 Å². The number of aromatic nitrogens is 4. The van der Waals surface area contributed by atoms with Gasteiger partial charge in [-0.15, -0.1) is 0 Å². The average molecular weight is 273 g/mol. The molecule has 0 aliphatic heterocycles. The molecule has 0 aliphatic carbocycles. The van der Waals surface area contributed by atoms with Crippen LogP contribution >= 0.6 is 11.6 Å². The summed E-state index contributed by atoms with van der Waals surface area (Å²) in [5, 5.41) is 4.61. The first-order valence-corrected chi connectivity index (χ1v) is 6.02. The van der Waals surface area contributed by atoms with E-state index in [1.807, 2.05) is 0 Å². The van der Waals surface area contributed by atoms with Crippen LogP contribution < -0.4 is 0 Å². The molecule has 3 heterocycles. The predicted octanol–water partition coefficient (Wildman–Crippen LogP) is 2.20. The van der Waals surface area contributed by atoms with Crippen LogP contribution in [0.4, 0.5) is 0 Å². The van der Waals surface area contributed by atoms with Crippen molar-refractivity contribution in [3.05, 3.63) is 59.4 Å². The number of nitrogens with zero attached hydrogens (tertiary/aromatic N) is 4. The van der Waals surface area contributed by atoms with E-state index in [-0.39, 0.29) is 12.2 Å². The van der Waals surface area contributed by atoms with Crippen LogP contribution in [0, 0.1) is 0 Å². The number of halogens is 1. The molecular formula is C13H9ClN4O. The van der Waals surface area contributed by atoms with Gasteiger partial charge in [0.05, 0.1) is 28.5 Å². The minimum atomic E-state index is -0.0453. The van der Waals surface area contributed by atoms with Crippen molar-refractivity contribution >= 4 is 22.9 Å². The van der Waals surface area contributed by atoms with E-state index in [1.54, 1.807) is 41.6 Å². The fourth-order valence-electron chi connectivity index (χ4n) is 1.86. The van der Waals surface area contributed by atoms with Crippen LogP contribution in [0.15, 0.2) is 43.2 Å². The van der Waals surface area contributed by atoms with Gasteiger partial charge >= 0.3 is 0 Å². The predicted molar refractivity (Wildman–Crippen MR) is 70.3 cm³/mol. The van der Waals surface area contributed by atoms with Crippen molar-refractivity contribution in [3.63, 3.8) is 0 Å². The van der Waals surface area contributed by atoms with E-state index in [0.29, 0.717) is 16.1 Å². The summed E-state index contributed by atoms with van der Waals surface area (Å²) in [7, 11) is 0. The van der Waals surface area contributed by atoms with Crippen LogP contribution in [-0.4, -0.2) is 25.4 Å². The number of rotatable bonds is 3. The summed E-state index contributed by atoms with van der Waals surface area (Å²) < 4.78 is 1.62. The summed E-state index contributed by atoms with van der Waals surface area (Å²) in [5.41, 5.74) is 1.99. The van der Waals surface area contributed by atoms with Crippen molar-refractivity contribution < 1.29 is 4.79 Å². The van der Waals surface area contributed by atoms with Gasteiger partial charge in [0.2, 0.25) is 0 Å². The molecule has 3 aromatic rings. The molecule has 0 saturated heterocycles. The largest absolute Gasteiger partial charge is 0.294 e. The maximum absolute atomic E-state index is 12.3. The highest BCUT2D eigenvalue weighted by molar-refractivity contribution is 6.31. The third-order valence-corrected chi connectivity index (χ3v) is 3.17. The molecule has 3 aromatic heterocycles. The molecule has 0 amide bonds. The Hall–Kier alpha value is -2.27. The molecule has 3 rings (SSSR count). The van der Waals surface area contributed by atoms with Gasteiger partial charge in [0.15, 0.2) is 5.78 Å². The molecule has 0 aromatic carbocycles. The van der Waals surface area contributed by atoms with E-state index in [9.17, 15) is 4.79 Å². The molecule has 0 radical (unpaired) electrons. The molecule has 0 saturated carbocycles. The second-order valence-corrected chi connectivity index (χ2v) is 4.44. The summed E-state index contributed by atoms with van der Waals surface area (Å²) in [6.45, 7) is 0.